The maximum atomic E-state index is 13.0. The van der Waals surface area contributed by atoms with Gasteiger partial charge in [-0.3, -0.25) is 4.79 Å². The summed E-state index contributed by atoms with van der Waals surface area (Å²) >= 11 is 0. The van der Waals surface area contributed by atoms with Gasteiger partial charge in [-0.1, -0.05) is 0 Å². The molecule has 28 heavy (non-hydrogen) atoms. The van der Waals surface area contributed by atoms with E-state index in [4.69, 9.17) is 4.74 Å². The average Bonchev–Trinajstić information content (AvgIpc) is 2.74. The Balaban J connectivity index is 1.65. The third kappa shape index (κ3) is 4.67. The predicted molar refractivity (Wildman–Crippen MR) is 107 cm³/mol. The number of likely N-dealkylation sites (N-methyl/N-ethyl adjacent to an activating group) is 1. The van der Waals surface area contributed by atoms with Gasteiger partial charge in [0.15, 0.2) is 0 Å². The highest BCUT2D eigenvalue weighted by Gasteiger charge is 2.36. The Morgan fingerprint density at radius 1 is 1.14 bits per heavy atom. The zero-order valence-corrected chi connectivity index (χ0v) is 17.7. The van der Waals surface area contributed by atoms with Gasteiger partial charge in [0, 0.05) is 13.1 Å². The van der Waals surface area contributed by atoms with Gasteiger partial charge in [0.25, 0.3) is 0 Å². The molecule has 1 atom stereocenters. The van der Waals surface area contributed by atoms with Crippen LogP contribution in [-0.4, -0.2) is 76.0 Å². The number of carbonyl (C=O) groups is 1. The van der Waals surface area contributed by atoms with E-state index in [9.17, 15) is 13.2 Å². The average molecular weight is 411 g/mol. The van der Waals surface area contributed by atoms with Crippen LogP contribution in [0.3, 0.4) is 0 Å². The van der Waals surface area contributed by atoms with Crippen molar-refractivity contribution in [1.82, 2.24) is 9.21 Å². The van der Waals surface area contributed by atoms with E-state index in [1.165, 1.54) is 9.21 Å². The highest BCUT2D eigenvalue weighted by Crippen LogP contribution is 2.26. The Bertz CT molecular complexity index is 758. The molecule has 0 unspecified atom stereocenters. The standard InChI is InChI=1S/C20H31N3O4S/c1-3-21-12-14-22(15-13-21)20(24)17-6-5-11-23(16-17)28(25,26)19-9-7-18(8-10-19)27-4-2/h7-10,17H,3-6,11-16H2,1-2H3/p+1/t17-/m0/s1. The lowest BCUT2D eigenvalue weighted by Crippen LogP contribution is -3.14. The summed E-state index contributed by atoms with van der Waals surface area (Å²) in [5.74, 6) is 0.526. The van der Waals surface area contributed by atoms with Gasteiger partial charge < -0.3 is 14.5 Å². The fraction of sp³-hybridized carbons (Fsp3) is 0.650. The Morgan fingerprint density at radius 3 is 2.43 bits per heavy atom. The SMILES string of the molecule is CCOc1ccc(S(=O)(=O)N2CCC[C@H](C(=O)N3CC[NH+](CC)CC3)C2)cc1. The summed E-state index contributed by atoms with van der Waals surface area (Å²) in [5, 5.41) is 0. The van der Waals surface area contributed by atoms with E-state index in [0.29, 0.717) is 25.3 Å². The smallest absolute Gasteiger partial charge is 0.243 e. The van der Waals surface area contributed by atoms with Crippen LogP contribution in [0.25, 0.3) is 0 Å². The van der Waals surface area contributed by atoms with Gasteiger partial charge in [-0.05, 0) is 51.0 Å². The van der Waals surface area contributed by atoms with E-state index in [2.05, 4.69) is 6.92 Å². The minimum atomic E-state index is -3.60. The minimum absolute atomic E-state index is 0.113. The Hall–Kier alpha value is -1.64. The lowest BCUT2D eigenvalue weighted by Gasteiger charge is -2.37. The summed E-state index contributed by atoms with van der Waals surface area (Å²) in [6, 6.07) is 6.52. The maximum Gasteiger partial charge on any atom is 0.243 e. The lowest BCUT2D eigenvalue weighted by atomic mass is 9.98. The summed E-state index contributed by atoms with van der Waals surface area (Å²) in [4.78, 5) is 16.7. The summed E-state index contributed by atoms with van der Waals surface area (Å²) < 4.78 is 32.9. The highest BCUT2D eigenvalue weighted by atomic mass is 32.2. The number of quaternary nitrogens is 1. The fourth-order valence-electron chi connectivity index (χ4n) is 4.04. The van der Waals surface area contributed by atoms with E-state index in [1.54, 1.807) is 24.3 Å². The van der Waals surface area contributed by atoms with E-state index in [-0.39, 0.29) is 23.3 Å². The van der Waals surface area contributed by atoms with Gasteiger partial charge in [-0.15, -0.1) is 0 Å². The second-order valence-corrected chi connectivity index (χ2v) is 9.47. The predicted octanol–water partition coefficient (Wildman–Crippen LogP) is 0.233. The van der Waals surface area contributed by atoms with E-state index < -0.39 is 10.0 Å². The molecule has 2 heterocycles. The molecule has 156 valence electrons. The Kier molecular flexibility index (Phi) is 6.95. The molecule has 1 amide bonds. The third-order valence-corrected chi connectivity index (χ3v) is 7.67. The number of nitrogens with zero attached hydrogens (tertiary/aromatic N) is 2. The summed E-state index contributed by atoms with van der Waals surface area (Å²) in [5.41, 5.74) is 0. The first-order valence-corrected chi connectivity index (χ1v) is 11.7. The van der Waals surface area contributed by atoms with Crippen LogP contribution in [0, 0.1) is 5.92 Å². The van der Waals surface area contributed by atoms with Gasteiger partial charge in [0.05, 0.1) is 50.1 Å². The molecule has 8 heteroatoms. The van der Waals surface area contributed by atoms with Crippen molar-refractivity contribution < 1.29 is 22.8 Å². The molecule has 0 aromatic heterocycles. The molecule has 1 aromatic rings. The normalized spacial score (nSPS) is 22.2. The number of sulfonamides is 1. The van der Waals surface area contributed by atoms with Gasteiger partial charge in [0.1, 0.15) is 5.75 Å². The summed E-state index contributed by atoms with van der Waals surface area (Å²) in [6.07, 6.45) is 1.47. The fourth-order valence-corrected chi connectivity index (χ4v) is 5.56. The number of amides is 1. The highest BCUT2D eigenvalue weighted by molar-refractivity contribution is 7.89. The van der Waals surface area contributed by atoms with Crippen molar-refractivity contribution in [2.75, 3.05) is 52.4 Å². The molecule has 0 bridgehead atoms. The van der Waals surface area contributed by atoms with Crippen LogP contribution in [0.5, 0.6) is 5.75 Å². The van der Waals surface area contributed by atoms with Gasteiger partial charge in [-0.2, -0.15) is 4.31 Å². The number of carbonyl (C=O) groups excluding carboxylic acids is 1. The van der Waals surface area contributed by atoms with Crippen molar-refractivity contribution in [3.63, 3.8) is 0 Å². The number of ether oxygens (including phenoxy) is 1. The van der Waals surface area contributed by atoms with Crippen molar-refractivity contribution in [2.24, 2.45) is 5.92 Å². The Labute approximate surface area is 168 Å². The number of hydrogen-bond donors (Lipinski definition) is 1. The van der Waals surface area contributed by atoms with E-state index in [1.807, 2.05) is 11.8 Å². The maximum absolute atomic E-state index is 13.0. The van der Waals surface area contributed by atoms with Crippen LogP contribution in [-0.2, 0) is 14.8 Å². The van der Waals surface area contributed by atoms with E-state index >= 15 is 0 Å². The monoisotopic (exact) mass is 410 g/mol. The number of hydrogen-bond acceptors (Lipinski definition) is 4. The van der Waals surface area contributed by atoms with Crippen LogP contribution < -0.4 is 9.64 Å². The van der Waals surface area contributed by atoms with E-state index in [0.717, 1.165) is 39.1 Å². The summed E-state index contributed by atoms with van der Waals surface area (Å²) in [7, 11) is -3.60. The first-order valence-electron chi connectivity index (χ1n) is 10.3. The van der Waals surface area contributed by atoms with Crippen molar-refractivity contribution >= 4 is 15.9 Å². The van der Waals surface area contributed by atoms with Crippen molar-refractivity contribution in [3.05, 3.63) is 24.3 Å². The first-order chi connectivity index (χ1) is 13.5. The second kappa shape index (κ2) is 9.24. The first kappa shape index (κ1) is 21.1. The molecule has 2 fully saturated rings. The number of benzene rings is 1. The van der Waals surface area contributed by atoms with Crippen molar-refractivity contribution in [2.45, 2.75) is 31.6 Å². The molecule has 2 saturated heterocycles. The number of piperazine rings is 1. The van der Waals surface area contributed by atoms with Gasteiger partial charge in [0.2, 0.25) is 15.9 Å². The molecule has 1 aromatic carbocycles. The van der Waals surface area contributed by atoms with Crippen LogP contribution >= 0.6 is 0 Å². The largest absolute Gasteiger partial charge is 0.494 e. The van der Waals surface area contributed by atoms with Gasteiger partial charge in [-0.25, -0.2) is 8.42 Å². The molecule has 2 aliphatic rings. The quantitative estimate of drug-likeness (QED) is 0.729. The van der Waals surface area contributed by atoms with Gasteiger partial charge >= 0.3 is 0 Å². The van der Waals surface area contributed by atoms with Crippen LogP contribution in [0.15, 0.2) is 29.2 Å². The third-order valence-electron chi connectivity index (χ3n) is 5.79. The molecule has 7 nitrogen and oxygen atoms in total. The Morgan fingerprint density at radius 2 is 1.82 bits per heavy atom. The molecule has 0 aliphatic carbocycles. The minimum Gasteiger partial charge on any atom is -0.494 e. The van der Waals surface area contributed by atoms with Crippen molar-refractivity contribution in [3.8, 4) is 5.75 Å². The topological polar surface area (TPSA) is 71.4 Å². The van der Waals surface area contributed by atoms with Crippen LogP contribution in [0.4, 0.5) is 0 Å². The molecule has 0 saturated carbocycles. The zero-order chi connectivity index (χ0) is 20.1. The number of rotatable bonds is 6. The van der Waals surface area contributed by atoms with Crippen molar-refractivity contribution in [1.29, 1.82) is 0 Å². The molecular weight excluding hydrogens is 378 g/mol. The molecule has 0 spiro atoms. The number of piperidine rings is 1. The van der Waals surface area contributed by atoms with Crippen LogP contribution in [0.2, 0.25) is 0 Å². The second-order valence-electron chi connectivity index (χ2n) is 7.54. The molecule has 2 aliphatic heterocycles. The molecule has 1 N–H and O–H groups in total. The lowest BCUT2D eigenvalue weighted by molar-refractivity contribution is -0.902. The zero-order valence-electron chi connectivity index (χ0n) is 16.9. The summed E-state index contributed by atoms with van der Waals surface area (Å²) in [6.45, 7) is 9.90. The molecular formula is C20H32N3O4S+. The number of nitrogens with one attached hydrogen (secondary N) is 1. The molecule has 0 radical (unpaired) electrons. The molecule has 3 rings (SSSR count). The van der Waals surface area contributed by atoms with Crippen LogP contribution in [0.1, 0.15) is 26.7 Å².